The maximum absolute atomic E-state index is 12.8. The number of guanidine groups is 1. The fourth-order valence-electron chi connectivity index (χ4n) is 2.08. The van der Waals surface area contributed by atoms with Crippen molar-refractivity contribution >= 4 is 17.8 Å². The van der Waals surface area contributed by atoms with E-state index in [2.05, 4.69) is 26.3 Å². The summed E-state index contributed by atoms with van der Waals surface area (Å²) in [5.41, 5.74) is 0.462. The number of hydrogen-bond donors (Lipinski definition) is 4. The van der Waals surface area contributed by atoms with Gasteiger partial charge in [0.15, 0.2) is 5.96 Å². The molecule has 0 aliphatic heterocycles. The molecule has 0 unspecified atom stereocenters. The number of carbonyl (C=O) groups is 2. The summed E-state index contributed by atoms with van der Waals surface area (Å²) in [5, 5.41) is 11.5. The Hall–Kier alpha value is -2.64. The van der Waals surface area contributed by atoms with E-state index in [-0.39, 0.29) is 36.1 Å². The largest absolute Gasteiger partial charge is 0.355 e. The molecule has 2 amide bonds. The lowest BCUT2D eigenvalue weighted by molar-refractivity contribution is -0.121. The minimum atomic E-state index is -0.326. The van der Waals surface area contributed by atoms with Crippen molar-refractivity contribution in [2.45, 2.75) is 32.7 Å². The number of carbonyl (C=O) groups excluding carboxylic acids is 2. The lowest BCUT2D eigenvalue weighted by atomic mass is 10.1. The van der Waals surface area contributed by atoms with Crippen LogP contribution in [0.3, 0.4) is 0 Å². The van der Waals surface area contributed by atoms with Crippen LogP contribution in [0.2, 0.25) is 0 Å². The van der Waals surface area contributed by atoms with Crippen LogP contribution in [0.1, 0.15) is 26.3 Å². The highest BCUT2D eigenvalue weighted by atomic mass is 19.1. The molecular weight excluding hydrogens is 337 g/mol. The molecule has 0 spiro atoms. The third-order valence-electron chi connectivity index (χ3n) is 3.17. The summed E-state index contributed by atoms with van der Waals surface area (Å²) in [5.74, 6) is -0.130. The van der Waals surface area contributed by atoms with Crippen LogP contribution < -0.4 is 21.3 Å². The lowest BCUT2D eigenvalue weighted by Gasteiger charge is -2.21. The summed E-state index contributed by atoms with van der Waals surface area (Å²) in [6, 6.07) is 5.83. The molecular formula is C18H28FN5O2. The molecule has 0 heterocycles. The van der Waals surface area contributed by atoms with E-state index in [4.69, 9.17) is 0 Å². The number of halogens is 1. The molecule has 4 N–H and O–H groups in total. The first-order valence-electron chi connectivity index (χ1n) is 8.46. The van der Waals surface area contributed by atoms with Gasteiger partial charge in [0.1, 0.15) is 5.82 Å². The zero-order valence-electron chi connectivity index (χ0n) is 15.8. The molecule has 8 heteroatoms. The molecule has 144 valence electrons. The van der Waals surface area contributed by atoms with Crippen LogP contribution in [0.15, 0.2) is 29.3 Å². The number of nitrogens with one attached hydrogen (secondary N) is 4. The Morgan fingerprint density at radius 1 is 1.00 bits per heavy atom. The van der Waals surface area contributed by atoms with E-state index in [0.717, 1.165) is 5.56 Å². The Morgan fingerprint density at radius 2 is 1.62 bits per heavy atom. The number of benzene rings is 1. The summed E-state index contributed by atoms with van der Waals surface area (Å²) in [7, 11) is 1.60. The van der Waals surface area contributed by atoms with Crippen LogP contribution in [0.25, 0.3) is 0 Å². The van der Waals surface area contributed by atoms with Crippen molar-refractivity contribution in [3.05, 3.63) is 35.6 Å². The molecule has 0 aromatic heterocycles. The first kappa shape index (κ1) is 21.4. The quantitative estimate of drug-likeness (QED) is 0.323. The van der Waals surface area contributed by atoms with Gasteiger partial charge in [0.25, 0.3) is 0 Å². The summed E-state index contributed by atoms with van der Waals surface area (Å²) in [6.45, 7) is 6.68. The predicted molar refractivity (Wildman–Crippen MR) is 100 cm³/mol. The molecule has 0 fully saturated rings. The third kappa shape index (κ3) is 9.61. The van der Waals surface area contributed by atoms with Crippen LogP contribution in [-0.2, 0) is 16.0 Å². The Kier molecular flexibility index (Phi) is 8.54. The first-order chi connectivity index (χ1) is 12.2. The van der Waals surface area contributed by atoms with E-state index in [0.29, 0.717) is 19.0 Å². The van der Waals surface area contributed by atoms with Gasteiger partial charge < -0.3 is 21.3 Å². The van der Waals surface area contributed by atoms with Crippen molar-refractivity contribution in [1.29, 1.82) is 0 Å². The summed E-state index contributed by atoms with van der Waals surface area (Å²) in [6.07, 6.45) is 0.195. The van der Waals surface area contributed by atoms with E-state index in [1.54, 1.807) is 19.2 Å². The van der Waals surface area contributed by atoms with Crippen molar-refractivity contribution in [2.24, 2.45) is 4.99 Å². The molecule has 0 aliphatic rings. The zero-order chi connectivity index (χ0) is 19.6. The number of rotatable bonds is 7. The SMILES string of the molecule is CN=C(NCCNC(=O)Cc1ccc(F)cc1)NCC(=O)NC(C)(C)C. The third-order valence-corrected chi connectivity index (χ3v) is 3.17. The van der Waals surface area contributed by atoms with Crippen molar-refractivity contribution in [1.82, 2.24) is 21.3 Å². The molecule has 0 bridgehead atoms. The van der Waals surface area contributed by atoms with Crippen LogP contribution in [0, 0.1) is 5.82 Å². The number of hydrogen-bond acceptors (Lipinski definition) is 3. The van der Waals surface area contributed by atoms with Crippen molar-refractivity contribution in [3.63, 3.8) is 0 Å². The highest BCUT2D eigenvalue weighted by Crippen LogP contribution is 2.03. The summed E-state index contributed by atoms with van der Waals surface area (Å²) in [4.78, 5) is 27.6. The second-order valence-corrected chi connectivity index (χ2v) is 6.80. The number of nitrogens with zero attached hydrogens (tertiary/aromatic N) is 1. The van der Waals surface area contributed by atoms with Gasteiger partial charge >= 0.3 is 0 Å². The van der Waals surface area contributed by atoms with E-state index in [1.807, 2.05) is 20.8 Å². The second-order valence-electron chi connectivity index (χ2n) is 6.80. The van der Waals surface area contributed by atoms with Crippen LogP contribution >= 0.6 is 0 Å². The molecule has 1 aromatic rings. The second kappa shape index (κ2) is 10.4. The zero-order valence-corrected chi connectivity index (χ0v) is 15.8. The molecule has 26 heavy (non-hydrogen) atoms. The van der Waals surface area contributed by atoms with Crippen molar-refractivity contribution < 1.29 is 14.0 Å². The number of amides is 2. The molecule has 0 radical (unpaired) electrons. The minimum absolute atomic E-state index is 0.105. The van der Waals surface area contributed by atoms with Crippen LogP contribution in [0.5, 0.6) is 0 Å². The van der Waals surface area contributed by atoms with Crippen molar-refractivity contribution in [3.8, 4) is 0 Å². The standard InChI is InChI=1S/C18H28FN5O2/c1-18(2,3)24-16(26)12-23-17(20-4)22-10-9-21-15(25)11-13-5-7-14(19)8-6-13/h5-8H,9-12H2,1-4H3,(H,21,25)(H,24,26)(H2,20,22,23). The first-order valence-corrected chi connectivity index (χ1v) is 8.46. The number of aliphatic imine (C=N–C) groups is 1. The molecule has 0 saturated heterocycles. The van der Waals surface area contributed by atoms with Gasteiger partial charge in [-0.1, -0.05) is 12.1 Å². The van der Waals surface area contributed by atoms with E-state index in [1.165, 1.54) is 12.1 Å². The van der Waals surface area contributed by atoms with Gasteiger partial charge in [-0.25, -0.2) is 4.39 Å². The molecule has 0 saturated carbocycles. The minimum Gasteiger partial charge on any atom is -0.355 e. The molecule has 1 rings (SSSR count). The van der Waals surface area contributed by atoms with Gasteiger partial charge in [-0.3, -0.25) is 14.6 Å². The van der Waals surface area contributed by atoms with Gasteiger partial charge in [0.2, 0.25) is 11.8 Å². The average molecular weight is 365 g/mol. The van der Waals surface area contributed by atoms with Crippen LogP contribution in [-0.4, -0.2) is 50.0 Å². The monoisotopic (exact) mass is 365 g/mol. The van der Waals surface area contributed by atoms with E-state index < -0.39 is 0 Å². The highest BCUT2D eigenvalue weighted by Gasteiger charge is 2.13. The fourth-order valence-corrected chi connectivity index (χ4v) is 2.08. The normalized spacial score (nSPS) is 11.7. The van der Waals surface area contributed by atoms with Gasteiger partial charge in [-0.2, -0.15) is 0 Å². The average Bonchev–Trinajstić information content (AvgIpc) is 2.54. The molecule has 0 aliphatic carbocycles. The maximum Gasteiger partial charge on any atom is 0.239 e. The van der Waals surface area contributed by atoms with Crippen LogP contribution in [0.4, 0.5) is 4.39 Å². The highest BCUT2D eigenvalue weighted by molar-refractivity contribution is 5.86. The Labute approximate surface area is 153 Å². The van der Waals surface area contributed by atoms with Gasteiger partial charge in [0, 0.05) is 25.7 Å². The lowest BCUT2D eigenvalue weighted by Crippen LogP contribution is -2.49. The fraction of sp³-hybridized carbons (Fsp3) is 0.500. The summed E-state index contributed by atoms with van der Waals surface area (Å²) < 4.78 is 12.8. The van der Waals surface area contributed by atoms with E-state index in [9.17, 15) is 14.0 Å². The van der Waals surface area contributed by atoms with Gasteiger partial charge in [0.05, 0.1) is 13.0 Å². The molecule has 0 atom stereocenters. The Balaban J connectivity index is 2.23. The Bertz CT molecular complexity index is 623. The molecule has 1 aromatic carbocycles. The summed E-state index contributed by atoms with van der Waals surface area (Å²) >= 11 is 0. The topological polar surface area (TPSA) is 94.6 Å². The maximum atomic E-state index is 12.8. The van der Waals surface area contributed by atoms with Gasteiger partial charge in [-0.05, 0) is 38.5 Å². The molecule has 7 nitrogen and oxygen atoms in total. The predicted octanol–water partition coefficient (Wildman–Crippen LogP) is 0.564. The van der Waals surface area contributed by atoms with E-state index >= 15 is 0 Å². The van der Waals surface area contributed by atoms with Crippen molar-refractivity contribution in [2.75, 3.05) is 26.7 Å². The van der Waals surface area contributed by atoms with Gasteiger partial charge in [-0.15, -0.1) is 0 Å². The smallest absolute Gasteiger partial charge is 0.239 e. The Morgan fingerprint density at radius 3 is 2.19 bits per heavy atom.